The van der Waals surface area contributed by atoms with Gasteiger partial charge in [0.1, 0.15) is 5.75 Å². The van der Waals surface area contributed by atoms with Gasteiger partial charge in [-0.1, -0.05) is 17.7 Å². The lowest BCUT2D eigenvalue weighted by Crippen LogP contribution is -2.60. The average Bonchev–Trinajstić information content (AvgIpc) is 2.94. The van der Waals surface area contributed by atoms with Gasteiger partial charge in [-0.25, -0.2) is 8.42 Å². The van der Waals surface area contributed by atoms with Crippen molar-refractivity contribution >= 4 is 15.7 Å². The monoisotopic (exact) mass is 392 g/mol. The molecule has 0 unspecified atom stereocenters. The summed E-state index contributed by atoms with van der Waals surface area (Å²) in [6.45, 7) is 7.86. The Morgan fingerprint density at radius 2 is 1.93 bits per heavy atom. The first-order chi connectivity index (χ1) is 12.7. The summed E-state index contributed by atoms with van der Waals surface area (Å²) in [5.41, 5.74) is 2.57. The van der Waals surface area contributed by atoms with E-state index in [1.807, 2.05) is 26.8 Å². The second-order valence-electron chi connectivity index (χ2n) is 7.62. The molecule has 2 saturated heterocycles. The Morgan fingerprint density at radius 1 is 1.22 bits per heavy atom. The number of nitrogens with zero attached hydrogens (tertiary/aromatic N) is 2. The molecule has 0 aromatic heterocycles. The summed E-state index contributed by atoms with van der Waals surface area (Å²) in [6, 6.07) is 4.97. The number of benzene rings is 1. The SMILES string of the molecule is COc1cccc(C(=O)N2CCN(CC=C(C)C)[C@@H]3CS(=O)(=O)C[C@@H]32)c1C. The molecule has 3 rings (SSSR count). The van der Waals surface area contributed by atoms with Crippen LogP contribution in [-0.2, 0) is 9.84 Å². The smallest absolute Gasteiger partial charge is 0.254 e. The summed E-state index contributed by atoms with van der Waals surface area (Å²) in [5.74, 6) is 0.714. The highest BCUT2D eigenvalue weighted by molar-refractivity contribution is 7.91. The van der Waals surface area contributed by atoms with Crippen molar-refractivity contribution in [3.05, 3.63) is 41.0 Å². The number of allylic oxidation sites excluding steroid dienone is 1. The molecule has 6 nitrogen and oxygen atoms in total. The molecule has 0 spiro atoms. The van der Waals surface area contributed by atoms with E-state index in [0.717, 1.165) is 12.1 Å². The Morgan fingerprint density at radius 3 is 2.59 bits per heavy atom. The number of hydrogen-bond donors (Lipinski definition) is 0. The van der Waals surface area contributed by atoms with Gasteiger partial charge in [0.15, 0.2) is 9.84 Å². The molecule has 0 N–H and O–H groups in total. The van der Waals surface area contributed by atoms with Crippen molar-refractivity contribution in [2.45, 2.75) is 32.9 Å². The highest BCUT2D eigenvalue weighted by atomic mass is 32.2. The Balaban J connectivity index is 1.89. The van der Waals surface area contributed by atoms with E-state index in [1.54, 1.807) is 24.1 Å². The van der Waals surface area contributed by atoms with Gasteiger partial charge in [-0.2, -0.15) is 0 Å². The molecule has 2 fully saturated rings. The van der Waals surface area contributed by atoms with Crippen LogP contribution in [0.1, 0.15) is 29.8 Å². The molecular formula is C20H28N2O4S. The zero-order valence-electron chi connectivity index (χ0n) is 16.4. The molecule has 0 bridgehead atoms. The fourth-order valence-corrected chi connectivity index (χ4v) is 6.04. The van der Waals surface area contributed by atoms with E-state index in [-0.39, 0.29) is 29.5 Å². The Labute approximate surface area is 161 Å². The zero-order chi connectivity index (χ0) is 19.8. The van der Waals surface area contributed by atoms with Crippen LogP contribution < -0.4 is 4.74 Å². The van der Waals surface area contributed by atoms with Crippen LogP contribution in [0.4, 0.5) is 0 Å². The van der Waals surface area contributed by atoms with Crippen LogP contribution in [0.2, 0.25) is 0 Å². The van der Waals surface area contributed by atoms with Gasteiger partial charge in [0.05, 0.1) is 24.7 Å². The van der Waals surface area contributed by atoms with E-state index < -0.39 is 9.84 Å². The van der Waals surface area contributed by atoms with E-state index in [2.05, 4.69) is 11.0 Å². The minimum atomic E-state index is -3.15. The van der Waals surface area contributed by atoms with Gasteiger partial charge >= 0.3 is 0 Å². The molecule has 7 heteroatoms. The first-order valence-electron chi connectivity index (χ1n) is 9.26. The average molecular weight is 393 g/mol. The normalized spacial score (nSPS) is 24.4. The molecule has 0 radical (unpaired) electrons. The standard InChI is InChI=1S/C20H28N2O4S/c1-14(2)8-9-21-10-11-22(18-13-27(24,25)12-17(18)21)20(23)16-6-5-7-19(26-4)15(16)3/h5-8,17-18H,9-13H2,1-4H3/t17-,18+/m1/s1. The Bertz CT molecular complexity index is 859. The predicted molar refractivity (Wildman–Crippen MR) is 106 cm³/mol. The number of rotatable bonds is 4. The van der Waals surface area contributed by atoms with Crippen molar-refractivity contribution < 1.29 is 17.9 Å². The van der Waals surface area contributed by atoms with Gasteiger partial charge < -0.3 is 9.64 Å². The van der Waals surface area contributed by atoms with E-state index in [1.165, 1.54) is 5.57 Å². The second kappa shape index (κ2) is 7.64. The third kappa shape index (κ3) is 4.04. The van der Waals surface area contributed by atoms with Crippen LogP contribution in [0.15, 0.2) is 29.8 Å². The van der Waals surface area contributed by atoms with E-state index >= 15 is 0 Å². The number of sulfone groups is 1. The molecule has 2 aliphatic heterocycles. The molecule has 0 saturated carbocycles. The highest BCUT2D eigenvalue weighted by Gasteiger charge is 2.48. The van der Waals surface area contributed by atoms with Crippen molar-refractivity contribution in [2.75, 3.05) is 38.2 Å². The van der Waals surface area contributed by atoms with Crippen molar-refractivity contribution in [1.82, 2.24) is 9.80 Å². The molecule has 2 aliphatic rings. The van der Waals surface area contributed by atoms with Crippen molar-refractivity contribution in [2.24, 2.45) is 0 Å². The molecule has 1 aromatic carbocycles. The lowest BCUT2D eigenvalue weighted by Gasteiger charge is -2.43. The van der Waals surface area contributed by atoms with Gasteiger partial charge in [0.2, 0.25) is 0 Å². The van der Waals surface area contributed by atoms with Crippen molar-refractivity contribution in [1.29, 1.82) is 0 Å². The molecule has 1 amide bonds. The quantitative estimate of drug-likeness (QED) is 0.732. The molecular weight excluding hydrogens is 364 g/mol. The summed E-state index contributed by atoms with van der Waals surface area (Å²) in [5, 5.41) is 0. The van der Waals surface area contributed by atoms with E-state index in [9.17, 15) is 13.2 Å². The summed E-state index contributed by atoms with van der Waals surface area (Å²) in [6.07, 6.45) is 2.12. The minimum Gasteiger partial charge on any atom is -0.496 e. The number of ether oxygens (including phenoxy) is 1. The van der Waals surface area contributed by atoms with Crippen LogP contribution in [0.25, 0.3) is 0 Å². The van der Waals surface area contributed by atoms with E-state index in [4.69, 9.17) is 4.74 Å². The fourth-order valence-electron chi connectivity index (χ4n) is 4.03. The summed E-state index contributed by atoms with van der Waals surface area (Å²) in [7, 11) is -1.57. The third-order valence-electron chi connectivity index (χ3n) is 5.52. The Kier molecular flexibility index (Phi) is 5.63. The van der Waals surface area contributed by atoms with Crippen LogP contribution in [0.5, 0.6) is 5.75 Å². The van der Waals surface area contributed by atoms with Crippen molar-refractivity contribution in [3.63, 3.8) is 0 Å². The van der Waals surface area contributed by atoms with Gasteiger partial charge in [-0.3, -0.25) is 9.69 Å². The van der Waals surface area contributed by atoms with Crippen LogP contribution in [0.3, 0.4) is 0 Å². The molecule has 1 aromatic rings. The maximum absolute atomic E-state index is 13.3. The minimum absolute atomic E-state index is 0.0394. The number of carbonyl (C=O) groups is 1. The fraction of sp³-hybridized carbons (Fsp3) is 0.550. The highest BCUT2D eigenvalue weighted by Crippen LogP contribution is 2.30. The van der Waals surface area contributed by atoms with Crippen LogP contribution >= 0.6 is 0 Å². The molecule has 27 heavy (non-hydrogen) atoms. The van der Waals surface area contributed by atoms with Gasteiger partial charge in [-0.15, -0.1) is 0 Å². The van der Waals surface area contributed by atoms with Crippen LogP contribution in [0, 0.1) is 6.92 Å². The topological polar surface area (TPSA) is 66.9 Å². The lowest BCUT2D eigenvalue weighted by molar-refractivity contribution is 0.0367. The molecule has 148 valence electrons. The van der Waals surface area contributed by atoms with E-state index in [0.29, 0.717) is 24.4 Å². The van der Waals surface area contributed by atoms with Gasteiger partial charge in [0.25, 0.3) is 5.91 Å². The number of methoxy groups -OCH3 is 1. The lowest BCUT2D eigenvalue weighted by atomic mass is 10.0. The third-order valence-corrected chi connectivity index (χ3v) is 7.22. The summed E-state index contributed by atoms with van der Waals surface area (Å²) in [4.78, 5) is 17.2. The first kappa shape index (κ1) is 19.9. The van der Waals surface area contributed by atoms with Crippen LogP contribution in [-0.4, -0.2) is 74.5 Å². The van der Waals surface area contributed by atoms with Gasteiger partial charge in [0, 0.05) is 36.8 Å². The summed E-state index contributed by atoms with van der Waals surface area (Å²) >= 11 is 0. The maximum Gasteiger partial charge on any atom is 0.254 e. The number of amides is 1. The number of carbonyl (C=O) groups excluding carboxylic acids is 1. The number of fused-ring (bicyclic) bond motifs is 1. The molecule has 2 atom stereocenters. The Hall–Kier alpha value is -1.86. The molecule has 2 heterocycles. The second-order valence-corrected chi connectivity index (χ2v) is 9.77. The number of piperazine rings is 1. The maximum atomic E-state index is 13.3. The molecule has 0 aliphatic carbocycles. The number of hydrogen-bond acceptors (Lipinski definition) is 5. The van der Waals surface area contributed by atoms with Gasteiger partial charge in [-0.05, 0) is 32.9 Å². The first-order valence-corrected chi connectivity index (χ1v) is 11.1. The largest absolute Gasteiger partial charge is 0.496 e. The van der Waals surface area contributed by atoms with Crippen molar-refractivity contribution in [3.8, 4) is 5.75 Å². The summed E-state index contributed by atoms with van der Waals surface area (Å²) < 4.78 is 30.0. The predicted octanol–water partition coefficient (Wildman–Crippen LogP) is 1.89. The zero-order valence-corrected chi connectivity index (χ0v) is 17.3.